The van der Waals surface area contributed by atoms with E-state index in [1.54, 1.807) is 0 Å². The van der Waals surface area contributed by atoms with Gasteiger partial charge < -0.3 is 14.6 Å². The lowest BCUT2D eigenvalue weighted by Crippen LogP contribution is -2.13. The second kappa shape index (κ2) is 4.22. The van der Waals surface area contributed by atoms with Crippen molar-refractivity contribution in [1.82, 2.24) is 0 Å². The Bertz CT molecular complexity index is 548. The first-order valence-corrected chi connectivity index (χ1v) is 5.91. The van der Waals surface area contributed by atoms with Gasteiger partial charge in [-0.25, -0.2) is 4.79 Å². The summed E-state index contributed by atoms with van der Waals surface area (Å²) in [5.74, 6) is -0.651. The fourth-order valence-corrected chi connectivity index (χ4v) is 2.11. The number of carboxylic acid groups (broad SMARTS) is 1. The fourth-order valence-electron chi connectivity index (χ4n) is 1.23. The zero-order valence-electron chi connectivity index (χ0n) is 8.45. The summed E-state index contributed by atoms with van der Waals surface area (Å²) >= 11 is 0. The van der Waals surface area contributed by atoms with Gasteiger partial charge >= 0.3 is 5.97 Å². The van der Waals surface area contributed by atoms with Crippen molar-refractivity contribution in [3.63, 3.8) is 0 Å². The molecule has 0 saturated carbocycles. The number of carboxylic acids is 1. The van der Waals surface area contributed by atoms with E-state index in [0.717, 1.165) is 0 Å². The van der Waals surface area contributed by atoms with Crippen molar-refractivity contribution >= 4 is 16.1 Å². The lowest BCUT2D eigenvalue weighted by atomic mass is 10.3. The highest BCUT2D eigenvalue weighted by molar-refractivity contribution is 7.86. The van der Waals surface area contributed by atoms with Crippen LogP contribution in [0.25, 0.3) is 0 Å². The topological polar surface area (TPSA) is 99.1 Å². The summed E-state index contributed by atoms with van der Waals surface area (Å²) in [5, 5.41) is 8.34. The summed E-state index contributed by atoms with van der Waals surface area (Å²) in [4.78, 5) is 10.1. The molecule has 1 heterocycles. The summed E-state index contributed by atoms with van der Waals surface area (Å²) < 4.78 is 37.4. The van der Waals surface area contributed by atoms with Crippen LogP contribution in [0.15, 0.2) is 23.1 Å². The molecular weight excluding hydrogens is 252 g/mol. The largest absolute Gasteiger partial charge is 0.479 e. The summed E-state index contributed by atoms with van der Waals surface area (Å²) in [6.07, 6.45) is 0. The van der Waals surface area contributed by atoms with E-state index in [-0.39, 0.29) is 17.4 Å². The molecule has 1 aromatic rings. The van der Waals surface area contributed by atoms with Crippen molar-refractivity contribution in [2.45, 2.75) is 4.90 Å². The highest BCUT2D eigenvalue weighted by Gasteiger charge is 2.21. The molecule has 0 fully saturated rings. The van der Waals surface area contributed by atoms with Crippen LogP contribution in [0.2, 0.25) is 0 Å². The SMILES string of the molecule is O=C(O)COS(=O)(=O)c1ccc2c(c1)OCO2. The quantitative estimate of drug-likeness (QED) is 0.772. The van der Waals surface area contributed by atoms with Crippen LogP contribution in [-0.2, 0) is 19.1 Å². The first kappa shape index (κ1) is 11.7. The number of rotatable bonds is 4. The third kappa shape index (κ3) is 2.48. The third-order valence-corrected chi connectivity index (χ3v) is 3.23. The normalized spacial score (nSPS) is 13.6. The standard InChI is InChI=1S/C9H8O7S/c10-9(11)4-16-17(12,13)6-1-2-7-8(3-6)15-5-14-7/h1-3H,4-5H2,(H,10,11). The van der Waals surface area contributed by atoms with Crippen LogP contribution in [0.4, 0.5) is 0 Å². The van der Waals surface area contributed by atoms with E-state index in [1.165, 1.54) is 18.2 Å². The Balaban J connectivity index is 2.24. The van der Waals surface area contributed by atoms with E-state index in [1.807, 2.05) is 0 Å². The molecule has 1 aliphatic rings. The molecule has 0 aromatic heterocycles. The molecule has 17 heavy (non-hydrogen) atoms. The molecule has 1 aliphatic heterocycles. The third-order valence-electron chi connectivity index (χ3n) is 1.97. The molecule has 92 valence electrons. The van der Waals surface area contributed by atoms with E-state index in [9.17, 15) is 13.2 Å². The molecule has 0 spiro atoms. The van der Waals surface area contributed by atoms with E-state index in [2.05, 4.69) is 4.18 Å². The number of hydrogen-bond acceptors (Lipinski definition) is 6. The van der Waals surface area contributed by atoms with E-state index in [4.69, 9.17) is 14.6 Å². The number of carbonyl (C=O) groups is 1. The predicted octanol–water partition coefficient (Wildman–Crippen LogP) is 0.205. The zero-order valence-corrected chi connectivity index (χ0v) is 9.27. The maximum Gasteiger partial charge on any atom is 0.331 e. The van der Waals surface area contributed by atoms with Crippen LogP contribution in [0.1, 0.15) is 0 Å². The monoisotopic (exact) mass is 260 g/mol. The van der Waals surface area contributed by atoms with Gasteiger partial charge in [-0.3, -0.25) is 4.18 Å². The first-order chi connectivity index (χ1) is 7.99. The molecule has 0 amide bonds. The van der Waals surface area contributed by atoms with Crippen molar-refractivity contribution in [2.75, 3.05) is 13.4 Å². The van der Waals surface area contributed by atoms with Crippen molar-refractivity contribution in [1.29, 1.82) is 0 Å². The lowest BCUT2D eigenvalue weighted by molar-refractivity contribution is -0.139. The van der Waals surface area contributed by atoms with Gasteiger partial charge in [-0.05, 0) is 12.1 Å². The number of aliphatic carboxylic acids is 1. The van der Waals surface area contributed by atoms with Crippen LogP contribution in [0.5, 0.6) is 11.5 Å². The van der Waals surface area contributed by atoms with Gasteiger partial charge in [-0.2, -0.15) is 8.42 Å². The molecule has 0 unspecified atom stereocenters. The Kier molecular flexibility index (Phi) is 2.90. The molecule has 7 nitrogen and oxygen atoms in total. The van der Waals surface area contributed by atoms with Crippen molar-refractivity contribution in [3.8, 4) is 11.5 Å². The van der Waals surface area contributed by atoms with Gasteiger partial charge in [0.05, 0.1) is 4.90 Å². The minimum Gasteiger partial charge on any atom is -0.479 e. The maximum absolute atomic E-state index is 11.6. The molecule has 8 heteroatoms. The van der Waals surface area contributed by atoms with Crippen molar-refractivity contribution in [2.24, 2.45) is 0 Å². The Morgan fingerprint density at radius 1 is 1.35 bits per heavy atom. The first-order valence-electron chi connectivity index (χ1n) is 4.50. The van der Waals surface area contributed by atoms with Gasteiger partial charge in [-0.1, -0.05) is 0 Å². The molecular formula is C9H8O7S. The van der Waals surface area contributed by atoms with Gasteiger partial charge in [0, 0.05) is 6.07 Å². The highest BCUT2D eigenvalue weighted by Crippen LogP contribution is 2.34. The molecule has 0 atom stereocenters. The second-order valence-corrected chi connectivity index (χ2v) is 4.74. The van der Waals surface area contributed by atoms with Gasteiger partial charge in [0.15, 0.2) is 18.1 Å². The Morgan fingerprint density at radius 2 is 2.06 bits per heavy atom. The Morgan fingerprint density at radius 3 is 2.76 bits per heavy atom. The molecule has 0 radical (unpaired) electrons. The van der Waals surface area contributed by atoms with Crippen LogP contribution < -0.4 is 9.47 Å². The number of hydrogen-bond donors (Lipinski definition) is 1. The Labute approximate surface area is 96.7 Å². The van der Waals surface area contributed by atoms with Gasteiger partial charge in [0.2, 0.25) is 6.79 Å². The van der Waals surface area contributed by atoms with Crippen molar-refractivity contribution in [3.05, 3.63) is 18.2 Å². The maximum atomic E-state index is 11.6. The highest BCUT2D eigenvalue weighted by atomic mass is 32.2. The molecule has 0 bridgehead atoms. The van der Waals surface area contributed by atoms with Crippen LogP contribution in [0, 0.1) is 0 Å². The second-order valence-electron chi connectivity index (χ2n) is 3.13. The summed E-state index contributed by atoms with van der Waals surface area (Å²) in [6.45, 7) is -0.897. The number of fused-ring (bicyclic) bond motifs is 1. The average molecular weight is 260 g/mol. The van der Waals surface area contributed by atoms with Gasteiger partial charge in [-0.15, -0.1) is 0 Å². The van der Waals surface area contributed by atoms with Crippen LogP contribution in [0.3, 0.4) is 0 Å². The lowest BCUT2D eigenvalue weighted by Gasteiger charge is -2.04. The summed E-state index contributed by atoms with van der Waals surface area (Å²) in [5.41, 5.74) is 0. The molecule has 2 rings (SSSR count). The van der Waals surface area contributed by atoms with Crippen molar-refractivity contribution < 1.29 is 32.0 Å². The average Bonchev–Trinajstić information content (AvgIpc) is 2.73. The molecule has 0 aliphatic carbocycles. The van der Waals surface area contributed by atoms with E-state index in [0.29, 0.717) is 5.75 Å². The van der Waals surface area contributed by atoms with E-state index < -0.39 is 22.7 Å². The molecule has 0 saturated heterocycles. The Hall–Kier alpha value is -1.80. The van der Waals surface area contributed by atoms with Gasteiger partial charge in [0.1, 0.15) is 0 Å². The zero-order chi connectivity index (χ0) is 12.5. The minimum atomic E-state index is -4.09. The van der Waals surface area contributed by atoms with Crippen LogP contribution in [-0.4, -0.2) is 32.9 Å². The molecule has 1 aromatic carbocycles. The van der Waals surface area contributed by atoms with Crippen LogP contribution >= 0.6 is 0 Å². The molecule has 1 N–H and O–H groups in total. The number of ether oxygens (including phenoxy) is 2. The fraction of sp³-hybridized carbons (Fsp3) is 0.222. The van der Waals surface area contributed by atoms with E-state index >= 15 is 0 Å². The smallest absolute Gasteiger partial charge is 0.331 e. The predicted molar refractivity (Wildman–Crippen MR) is 53.3 cm³/mol. The minimum absolute atomic E-state index is 0.0226. The summed E-state index contributed by atoms with van der Waals surface area (Å²) in [7, 11) is -4.09. The summed E-state index contributed by atoms with van der Waals surface area (Å²) in [6, 6.07) is 3.89. The number of benzene rings is 1. The van der Waals surface area contributed by atoms with Gasteiger partial charge in [0.25, 0.3) is 10.1 Å².